The third-order valence-corrected chi connectivity index (χ3v) is 2.89. The van der Waals surface area contributed by atoms with E-state index in [1.807, 2.05) is 6.07 Å². The fourth-order valence-corrected chi connectivity index (χ4v) is 1.88. The molecule has 0 spiro atoms. The van der Waals surface area contributed by atoms with Gasteiger partial charge in [-0.25, -0.2) is 0 Å². The summed E-state index contributed by atoms with van der Waals surface area (Å²) < 4.78 is 6.00. The van der Waals surface area contributed by atoms with Crippen molar-refractivity contribution in [2.24, 2.45) is 5.73 Å². The molecular weight excluding hydrogens is 314 g/mol. The number of non-ortho nitro benzene ring substituents is 1. The van der Waals surface area contributed by atoms with Crippen LogP contribution < -0.4 is 10.5 Å². The van der Waals surface area contributed by atoms with E-state index in [9.17, 15) is 10.1 Å². The van der Waals surface area contributed by atoms with Crippen LogP contribution in [0.1, 0.15) is 19.8 Å². The van der Waals surface area contributed by atoms with E-state index in [1.54, 1.807) is 13.0 Å². The minimum atomic E-state index is -0.868. The predicted molar refractivity (Wildman–Crippen MR) is 73.7 cm³/mol. The molecule has 0 heterocycles. The monoisotopic (exact) mass is 327 g/mol. The number of nitrogens with two attached hydrogens (primary N) is 1. The van der Waals surface area contributed by atoms with Crippen LogP contribution in [0.5, 0.6) is 5.75 Å². The summed E-state index contributed by atoms with van der Waals surface area (Å²) in [5, 5.41) is 19.4. The van der Waals surface area contributed by atoms with Crippen molar-refractivity contribution in [3.05, 3.63) is 32.8 Å². The van der Waals surface area contributed by atoms with Crippen molar-refractivity contribution >= 4 is 21.6 Å². The van der Waals surface area contributed by atoms with Crippen molar-refractivity contribution in [3.63, 3.8) is 0 Å². The Morgan fingerprint density at radius 3 is 2.84 bits per heavy atom. The number of benzene rings is 1. The summed E-state index contributed by atoms with van der Waals surface area (Å²) in [7, 11) is 0. The molecule has 0 aliphatic carbocycles. The Morgan fingerprint density at radius 1 is 1.58 bits per heavy atom. The summed E-state index contributed by atoms with van der Waals surface area (Å²) in [5.41, 5.74) is 4.76. The number of halogens is 1. The van der Waals surface area contributed by atoms with E-state index in [0.29, 0.717) is 29.7 Å². The van der Waals surface area contributed by atoms with E-state index in [-0.39, 0.29) is 5.69 Å². The molecule has 19 heavy (non-hydrogen) atoms. The fourth-order valence-electron chi connectivity index (χ4n) is 1.42. The highest BCUT2D eigenvalue weighted by Crippen LogP contribution is 2.26. The van der Waals surface area contributed by atoms with Gasteiger partial charge in [0.25, 0.3) is 5.69 Å². The topological polar surface area (TPSA) is 102 Å². The van der Waals surface area contributed by atoms with Crippen LogP contribution >= 0.6 is 15.9 Å². The average Bonchev–Trinajstić information content (AvgIpc) is 2.34. The van der Waals surface area contributed by atoms with Gasteiger partial charge in [0.15, 0.2) is 0 Å². The van der Waals surface area contributed by atoms with Gasteiger partial charge in [-0.05, 0) is 25.8 Å². The summed E-state index contributed by atoms with van der Waals surface area (Å²) >= 11 is 3.19. The SMILES string of the molecule is CC(N)(C#N)CCCOc1cc(Br)cc([N+](=O)[O-])c1. The van der Waals surface area contributed by atoms with Gasteiger partial charge in [0.2, 0.25) is 0 Å². The molecule has 102 valence electrons. The van der Waals surface area contributed by atoms with E-state index in [4.69, 9.17) is 15.7 Å². The summed E-state index contributed by atoms with van der Waals surface area (Å²) in [6.07, 6.45) is 1.10. The number of nitro benzene ring substituents is 1. The number of hydrogen-bond acceptors (Lipinski definition) is 5. The lowest BCUT2D eigenvalue weighted by atomic mass is 10.00. The van der Waals surface area contributed by atoms with Crippen LogP contribution in [0.3, 0.4) is 0 Å². The molecule has 1 aromatic rings. The summed E-state index contributed by atoms with van der Waals surface area (Å²) in [6.45, 7) is 2.00. The van der Waals surface area contributed by atoms with Gasteiger partial charge >= 0.3 is 0 Å². The maximum absolute atomic E-state index is 10.7. The molecule has 2 N–H and O–H groups in total. The second kappa shape index (κ2) is 6.50. The Morgan fingerprint density at radius 2 is 2.26 bits per heavy atom. The van der Waals surface area contributed by atoms with Crippen molar-refractivity contribution in [1.29, 1.82) is 5.26 Å². The van der Waals surface area contributed by atoms with Gasteiger partial charge in [0.1, 0.15) is 11.3 Å². The molecule has 0 aromatic heterocycles. The third kappa shape index (κ3) is 5.24. The highest BCUT2D eigenvalue weighted by atomic mass is 79.9. The largest absolute Gasteiger partial charge is 0.493 e. The van der Waals surface area contributed by atoms with Crippen molar-refractivity contribution in [3.8, 4) is 11.8 Å². The Bertz CT molecular complexity index is 511. The van der Waals surface area contributed by atoms with Crippen LogP contribution in [0.15, 0.2) is 22.7 Å². The first kappa shape index (κ1) is 15.4. The van der Waals surface area contributed by atoms with E-state index in [2.05, 4.69) is 15.9 Å². The maximum atomic E-state index is 10.7. The Balaban J connectivity index is 2.55. The molecule has 1 aromatic carbocycles. The molecule has 0 saturated carbocycles. The van der Waals surface area contributed by atoms with Crippen LogP contribution in [-0.2, 0) is 0 Å². The zero-order chi connectivity index (χ0) is 14.5. The number of rotatable bonds is 6. The number of nitro groups is 1. The van der Waals surface area contributed by atoms with Crippen molar-refractivity contribution in [1.82, 2.24) is 0 Å². The first-order valence-electron chi connectivity index (χ1n) is 5.62. The number of nitrogens with zero attached hydrogens (tertiary/aromatic N) is 2. The average molecular weight is 328 g/mol. The van der Waals surface area contributed by atoms with E-state index >= 15 is 0 Å². The van der Waals surface area contributed by atoms with Gasteiger partial charge in [-0.1, -0.05) is 15.9 Å². The van der Waals surface area contributed by atoms with Gasteiger partial charge in [-0.15, -0.1) is 0 Å². The lowest BCUT2D eigenvalue weighted by Crippen LogP contribution is -2.34. The number of hydrogen-bond donors (Lipinski definition) is 1. The first-order valence-corrected chi connectivity index (χ1v) is 6.41. The molecule has 1 atom stereocenters. The molecule has 1 unspecified atom stereocenters. The van der Waals surface area contributed by atoms with Crippen molar-refractivity contribution in [2.75, 3.05) is 6.61 Å². The molecule has 0 amide bonds. The van der Waals surface area contributed by atoms with Crippen molar-refractivity contribution in [2.45, 2.75) is 25.3 Å². The van der Waals surface area contributed by atoms with Gasteiger partial charge in [-0.3, -0.25) is 10.1 Å². The first-order chi connectivity index (χ1) is 8.84. The van der Waals surface area contributed by atoms with Gasteiger partial charge in [-0.2, -0.15) is 5.26 Å². The summed E-state index contributed by atoms with van der Waals surface area (Å²) in [6, 6.07) is 6.41. The van der Waals surface area contributed by atoms with E-state index in [1.165, 1.54) is 12.1 Å². The molecular formula is C12H14BrN3O3. The van der Waals surface area contributed by atoms with E-state index in [0.717, 1.165) is 0 Å². The van der Waals surface area contributed by atoms with Crippen LogP contribution in [0, 0.1) is 21.4 Å². The lowest BCUT2D eigenvalue weighted by Gasteiger charge is -2.14. The van der Waals surface area contributed by atoms with E-state index < -0.39 is 10.5 Å². The van der Waals surface area contributed by atoms with Crippen LogP contribution in [0.2, 0.25) is 0 Å². The van der Waals surface area contributed by atoms with Gasteiger partial charge in [0, 0.05) is 10.5 Å². The highest BCUT2D eigenvalue weighted by molar-refractivity contribution is 9.10. The summed E-state index contributed by atoms with van der Waals surface area (Å²) in [5.74, 6) is 0.414. The Labute approximate surface area is 119 Å². The molecule has 6 nitrogen and oxygen atoms in total. The van der Waals surface area contributed by atoms with Crippen LogP contribution in [0.25, 0.3) is 0 Å². The third-order valence-electron chi connectivity index (χ3n) is 2.43. The zero-order valence-corrected chi connectivity index (χ0v) is 12.0. The Hall–Kier alpha value is -1.65. The van der Waals surface area contributed by atoms with Gasteiger partial charge < -0.3 is 10.5 Å². The maximum Gasteiger partial charge on any atom is 0.274 e. The standard InChI is InChI=1S/C12H14BrN3O3/c1-12(15,8-14)3-2-4-19-11-6-9(13)5-10(7-11)16(17)18/h5-7H,2-4,15H2,1H3. The van der Waals surface area contributed by atoms with Gasteiger partial charge in [0.05, 0.1) is 23.7 Å². The smallest absolute Gasteiger partial charge is 0.274 e. The minimum absolute atomic E-state index is 0.0370. The zero-order valence-electron chi connectivity index (χ0n) is 10.4. The van der Waals surface area contributed by atoms with Crippen molar-refractivity contribution < 1.29 is 9.66 Å². The molecule has 0 saturated heterocycles. The molecule has 0 bridgehead atoms. The number of ether oxygens (including phenoxy) is 1. The molecule has 0 aliphatic heterocycles. The molecule has 0 aliphatic rings. The molecule has 0 fully saturated rings. The Kier molecular flexibility index (Phi) is 5.27. The lowest BCUT2D eigenvalue weighted by molar-refractivity contribution is -0.385. The molecule has 0 radical (unpaired) electrons. The van der Waals surface area contributed by atoms with Crippen LogP contribution in [-0.4, -0.2) is 17.1 Å². The quantitative estimate of drug-likeness (QED) is 0.491. The fraction of sp³-hybridized carbons (Fsp3) is 0.417. The minimum Gasteiger partial charge on any atom is -0.493 e. The normalized spacial score (nSPS) is 13.4. The second-order valence-corrected chi connectivity index (χ2v) is 5.30. The summed E-state index contributed by atoms with van der Waals surface area (Å²) in [4.78, 5) is 10.2. The number of nitriles is 1. The second-order valence-electron chi connectivity index (χ2n) is 4.38. The molecule has 1 rings (SSSR count). The van der Waals surface area contributed by atoms with Crippen LogP contribution in [0.4, 0.5) is 5.69 Å². The highest BCUT2D eigenvalue weighted by Gasteiger charge is 2.16. The molecule has 7 heteroatoms. The predicted octanol–water partition coefficient (Wildman–Crippen LogP) is 2.76.